The molecule has 7 nitrogen and oxygen atoms in total. The number of carbonyl (C=O) groups is 2. The molecule has 0 aromatic carbocycles. The topological polar surface area (TPSA) is 99.1 Å². The Hall–Kier alpha value is -1.02. The van der Waals surface area contributed by atoms with Crippen LogP contribution >= 0.6 is 23.4 Å². The number of urea groups is 1. The van der Waals surface area contributed by atoms with E-state index >= 15 is 0 Å². The smallest absolute Gasteiger partial charge is 0.341 e. The molecule has 0 aliphatic rings. The van der Waals surface area contributed by atoms with Gasteiger partial charge in [-0.1, -0.05) is 0 Å². The SMILES string of the molecule is CSCC[C@H](NC(=O)N(CCCl)N=O)C(=O)O. The van der Waals surface area contributed by atoms with Gasteiger partial charge in [0.25, 0.3) is 0 Å². The highest BCUT2D eigenvalue weighted by Gasteiger charge is 2.23. The summed E-state index contributed by atoms with van der Waals surface area (Å²) in [4.78, 5) is 32.6. The molecule has 0 saturated heterocycles. The molecule has 0 rings (SSSR count). The molecule has 2 N–H and O–H groups in total. The Balaban J connectivity index is 4.36. The van der Waals surface area contributed by atoms with Crippen molar-refractivity contribution in [2.75, 3.05) is 24.4 Å². The van der Waals surface area contributed by atoms with Crippen molar-refractivity contribution in [3.05, 3.63) is 4.91 Å². The van der Waals surface area contributed by atoms with E-state index in [0.29, 0.717) is 10.8 Å². The molecule has 0 heterocycles. The number of rotatable bonds is 8. The summed E-state index contributed by atoms with van der Waals surface area (Å²) in [5.74, 6) is -0.521. The number of aliphatic carboxylic acids is 1. The van der Waals surface area contributed by atoms with Crippen molar-refractivity contribution < 1.29 is 14.7 Å². The average molecular weight is 284 g/mol. The summed E-state index contributed by atoms with van der Waals surface area (Å²) < 4.78 is 0. The van der Waals surface area contributed by atoms with Crippen LogP contribution in [-0.4, -0.2) is 52.6 Å². The molecule has 98 valence electrons. The van der Waals surface area contributed by atoms with E-state index in [1.807, 2.05) is 6.26 Å². The lowest BCUT2D eigenvalue weighted by Gasteiger charge is -2.17. The fourth-order valence-corrected chi connectivity index (χ4v) is 1.61. The first-order valence-electron chi connectivity index (χ1n) is 4.75. The Morgan fingerprint density at radius 2 is 2.24 bits per heavy atom. The molecule has 0 aliphatic heterocycles. The van der Waals surface area contributed by atoms with Crippen molar-refractivity contribution in [3.63, 3.8) is 0 Å². The van der Waals surface area contributed by atoms with Crippen LogP contribution in [-0.2, 0) is 4.79 Å². The molecule has 0 unspecified atom stereocenters. The van der Waals surface area contributed by atoms with Crippen molar-refractivity contribution in [2.24, 2.45) is 5.29 Å². The summed E-state index contributed by atoms with van der Waals surface area (Å²) >= 11 is 6.83. The van der Waals surface area contributed by atoms with Gasteiger partial charge in [0.1, 0.15) is 6.04 Å². The number of carboxylic acids is 1. The number of carbonyl (C=O) groups excluding carboxylic acids is 1. The Labute approximate surface area is 108 Å². The van der Waals surface area contributed by atoms with Crippen LogP contribution in [0.15, 0.2) is 5.29 Å². The number of nitroso groups, excluding NO2 is 1. The molecule has 0 radical (unpaired) electrons. The molecule has 0 aromatic heterocycles. The van der Waals surface area contributed by atoms with Gasteiger partial charge >= 0.3 is 12.0 Å². The molecule has 17 heavy (non-hydrogen) atoms. The van der Waals surface area contributed by atoms with Crippen molar-refractivity contribution in [1.82, 2.24) is 10.3 Å². The van der Waals surface area contributed by atoms with Crippen molar-refractivity contribution in [3.8, 4) is 0 Å². The van der Waals surface area contributed by atoms with E-state index in [9.17, 15) is 14.5 Å². The Bertz CT molecular complexity index is 279. The largest absolute Gasteiger partial charge is 0.480 e. The first kappa shape index (κ1) is 16.0. The zero-order chi connectivity index (χ0) is 13.3. The number of nitrogens with zero attached hydrogens (tertiary/aromatic N) is 2. The minimum absolute atomic E-state index is 0.0434. The highest BCUT2D eigenvalue weighted by atomic mass is 35.5. The third kappa shape index (κ3) is 6.32. The summed E-state index contributed by atoms with van der Waals surface area (Å²) in [5, 5.41) is 14.1. The normalized spacial score (nSPS) is 11.6. The van der Waals surface area contributed by atoms with Crippen molar-refractivity contribution in [2.45, 2.75) is 12.5 Å². The van der Waals surface area contributed by atoms with Crippen molar-refractivity contribution in [1.29, 1.82) is 0 Å². The van der Waals surface area contributed by atoms with Crippen LogP contribution in [0.1, 0.15) is 6.42 Å². The Kier molecular flexibility index (Phi) is 8.51. The molecule has 0 saturated carbocycles. The van der Waals surface area contributed by atoms with E-state index in [-0.39, 0.29) is 18.8 Å². The number of thioether (sulfide) groups is 1. The third-order valence-electron chi connectivity index (χ3n) is 1.84. The quantitative estimate of drug-likeness (QED) is 0.395. The van der Waals surface area contributed by atoms with E-state index < -0.39 is 18.0 Å². The zero-order valence-corrected chi connectivity index (χ0v) is 10.8. The summed E-state index contributed by atoms with van der Waals surface area (Å²) in [6, 6.07) is -1.89. The van der Waals surface area contributed by atoms with Crippen LogP contribution in [0.5, 0.6) is 0 Å². The standard InChI is InChI=1S/C8H14ClN3O4S/c1-17-5-2-6(7(13)14)10-8(15)12(11-16)4-3-9/h6H,2-5H2,1H3,(H,10,15)(H,13,14)/t6-/m0/s1. The van der Waals surface area contributed by atoms with E-state index in [0.717, 1.165) is 0 Å². The third-order valence-corrected chi connectivity index (χ3v) is 2.65. The fourth-order valence-electron chi connectivity index (χ4n) is 0.976. The van der Waals surface area contributed by atoms with E-state index in [4.69, 9.17) is 16.7 Å². The van der Waals surface area contributed by atoms with Crippen LogP contribution < -0.4 is 5.32 Å². The summed E-state index contributed by atoms with van der Waals surface area (Å²) in [6.45, 7) is -0.0637. The summed E-state index contributed by atoms with van der Waals surface area (Å²) in [5.41, 5.74) is 0. The van der Waals surface area contributed by atoms with Crippen LogP contribution in [0.4, 0.5) is 4.79 Å². The monoisotopic (exact) mass is 283 g/mol. The number of nitrogens with one attached hydrogen (secondary N) is 1. The Morgan fingerprint density at radius 1 is 1.59 bits per heavy atom. The van der Waals surface area contributed by atoms with Gasteiger partial charge in [-0.3, -0.25) is 0 Å². The highest BCUT2D eigenvalue weighted by molar-refractivity contribution is 7.98. The van der Waals surface area contributed by atoms with Gasteiger partial charge in [0.05, 0.1) is 11.8 Å². The number of alkyl halides is 1. The van der Waals surface area contributed by atoms with Crippen LogP contribution in [0.2, 0.25) is 0 Å². The molecule has 1 atom stereocenters. The lowest BCUT2D eigenvalue weighted by molar-refractivity contribution is -0.139. The number of hydrogen-bond acceptors (Lipinski definition) is 5. The highest BCUT2D eigenvalue weighted by Crippen LogP contribution is 2.02. The maximum absolute atomic E-state index is 11.4. The fraction of sp³-hybridized carbons (Fsp3) is 0.750. The number of hydrogen-bond donors (Lipinski definition) is 2. The van der Waals surface area contributed by atoms with Crippen molar-refractivity contribution >= 4 is 35.4 Å². The van der Waals surface area contributed by atoms with Gasteiger partial charge in [0, 0.05) is 5.88 Å². The average Bonchev–Trinajstić information content (AvgIpc) is 2.30. The van der Waals surface area contributed by atoms with Gasteiger partial charge in [-0.2, -0.15) is 16.8 Å². The number of halogens is 1. The molecular formula is C8H14ClN3O4S. The van der Waals surface area contributed by atoms with E-state index in [1.54, 1.807) is 0 Å². The maximum atomic E-state index is 11.4. The van der Waals surface area contributed by atoms with E-state index in [2.05, 4.69) is 10.6 Å². The minimum Gasteiger partial charge on any atom is -0.480 e. The first-order valence-corrected chi connectivity index (χ1v) is 6.68. The molecule has 0 spiro atoms. The van der Waals surface area contributed by atoms with Gasteiger partial charge in [-0.25, -0.2) is 9.59 Å². The second-order valence-electron chi connectivity index (χ2n) is 3.02. The maximum Gasteiger partial charge on any atom is 0.341 e. The van der Waals surface area contributed by atoms with Gasteiger partial charge in [0.15, 0.2) is 0 Å². The molecule has 0 bridgehead atoms. The molecule has 0 fully saturated rings. The first-order chi connectivity index (χ1) is 8.06. The molecule has 0 aromatic rings. The predicted molar refractivity (Wildman–Crippen MR) is 66.2 cm³/mol. The van der Waals surface area contributed by atoms with E-state index in [1.165, 1.54) is 11.8 Å². The summed E-state index contributed by atoms with van der Waals surface area (Å²) in [6.07, 6.45) is 2.10. The minimum atomic E-state index is -1.15. The van der Waals surface area contributed by atoms with Gasteiger partial charge in [-0.05, 0) is 18.4 Å². The van der Waals surface area contributed by atoms with Crippen LogP contribution in [0, 0.1) is 4.91 Å². The van der Waals surface area contributed by atoms with Crippen LogP contribution in [0.3, 0.4) is 0 Å². The van der Waals surface area contributed by atoms with Gasteiger partial charge in [0.2, 0.25) is 0 Å². The molecule has 2 amide bonds. The molecular weight excluding hydrogens is 270 g/mol. The second-order valence-corrected chi connectivity index (χ2v) is 4.38. The Morgan fingerprint density at radius 3 is 2.65 bits per heavy atom. The second kappa shape index (κ2) is 9.06. The zero-order valence-electron chi connectivity index (χ0n) is 9.26. The molecule has 9 heteroatoms. The molecule has 0 aliphatic carbocycles. The van der Waals surface area contributed by atoms with Gasteiger partial charge in [-0.15, -0.1) is 16.5 Å². The van der Waals surface area contributed by atoms with Crippen LogP contribution in [0.25, 0.3) is 0 Å². The lowest BCUT2D eigenvalue weighted by atomic mass is 10.2. The van der Waals surface area contributed by atoms with Gasteiger partial charge < -0.3 is 10.4 Å². The predicted octanol–water partition coefficient (Wildman–Crippen LogP) is 1.12. The summed E-state index contributed by atoms with van der Waals surface area (Å²) in [7, 11) is 0. The lowest BCUT2D eigenvalue weighted by Crippen LogP contribution is -2.46. The number of carboxylic acid groups (broad SMARTS) is 1. The number of amides is 2.